The molecule has 1 aliphatic rings. The maximum atomic E-state index is 5.23. The summed E-state index contributed by atoms with van der Waals surface area (Å²) in [5.74, 6) is 0.872. The zero-order valence-electron chi connectivity index (χ0n) is 8.07. The van der Waals surface area contributed by atoms with E-state index in [1.54, 1.807) is 6.20 Å². The Balaban J connectivity index is 1.76. The number of pyridine rings is 1. The van der Waals surface area contributed by atoms with Gasteiger partial charge in [-0.3, -0.25) is 4.98 Å². The van der Waals surface area contributed by atoms with E-state index in [1.165, 1.54) is 12.8 Å². The Hall–Kier alpha value is -0.960. The summed E-state index contributed by atoms with van der Waals surface area (Å²) in [4.78, 5) is 5.15. The quantitative estimate of drug-likeness (QED) is 0.762. The first kappa shape index (κ1) is 9.59. The summed E-state index contributed by atoms with van der Waals surface area (Å²) in [5, 5.41) is 3.28. The molecule has 0 spiro atoms. The molecule has 0 saturated heterocycles. The van der Waals surface area contributed by atoms with Gasteiger partial charge in [0.25, 0.3) is 0 Å². The molecule has 74 valence electrons. The van der Waals surface area contributed by atoms with Crippen molar-refractivity contribution in [1.82, 2.24) is 10.3 Å². The van der Waals surface area contributed by atoms with Gasteiger partial charge in [0.2, 0.25) is 0 Å². The molecule has 0 bridgehead atoms. The topological polar surface area (TPSA) is 24.9 Å². The van der Waals surface area contributed by atoms with Crippen molar-refractivity contribution in [3.63, 3.8) is 0 Å². The van der Waals surface area contributed by atoms with E-state index in [0.717, 1.165) is 29.6 Å². The molecule has 0 amide bonds. The van der Waals surface area contributed by atoms with Gasteiger partial charge in [0.05, 0.1) is 4.99 Å². The van der Waals surface area contributed by atoms with E-state index in [9.17, 15) is 0 Å². The van der Waals surface area contributed by atoms with Crippen LogP contribution in [0.2, 0.25) is 0 Å². The van der Waals surface area contributed by atoms with Gasteiger partial charge in [-0.05, 0) is 30.9 Å². The van der Waals surface area contributed by atoms with Crippen LogP contribution in [-0.4, -0.2) is 16.5 Å². The van der Waals surface area contributed by atoms with Crippen LogP contribution in [0, 0.1) is 5.92 Å². The Morgan fingerprint density at radius 2 is 2.36 bits per heavy atom. The van der Waals surface area contributed by atoms with Crippen LogP contribution in [0.1, 0.15) is 18.5 Å². The molecule has 3 heteroatoms. The van der Waals surface area contributed by atoms with E-state index in [1.807, 2.05) is 18.2 Å². The van der Waals surface area contributed by atoms with Gasteiger partial charge in [-0.15, -0.1) is 0 Å². The lowest BCUT2D eigenvalue weighted by atomic mass is 10.2. The Bertz CT molecular complexity index is 306. The van der Waals surface area contributed by atoms with Crippen LogP contribution >= 0.6 is 12.2 Å². The Labute approximate surface area is 89.7 Å². The van der Waals surface area contributed by atoms with E-state index >= 15 is 0 Å². The van der Waals surface area contributed by atoms with Gasteiger partial charge >= 0.3 is 0 Å². The summed E-state index contributed by atoms with van der Waals surface area (Å²) >= 11 is 5.23. The normalized spacial score (nSPS) is 15.1. The summed E-state index contributed by atoms with van der Waals surface area (Å²) in [5.41, 5.74) is 1.04. The van der Waals surface area contributed by atoms with Gasteiger partial charge in [-0.25, -0.2) is 0 Å². The number of thiocarbonyl (C=S) groups is 1. The van der Waals surface area contributed by atoms with Crippen molar-refractivity contribution >= 4 is 17.2 Å². The fraction of sp³-hybridized carbons (Fsp3) is 0.455. The third kappa shape index (κ3) is 3.07. The highest BCUT2D eigenvalue weighted by molar-refractivity contribution is 7.80. The molecule has 0 aliphatic heterocycles. The number of hydrogen-bond donors (Lipinski definition) is 1. The third-order valence-corrected chi connectivity index (χ3v) is 2.64. The maximum absolute atomic E-state index is 5.23. The average Bonchev–Trinajstić information content (AvgIpc) is 3.00. The van der Waals surface area contributed by atoms with Crippen molar-refractivity contribution < 1.29 is 0 Å². The second-order valence-corrected chi connectivity index (χ2v) is 4.24. The maximum Gasteiger partial charge on any atom is 0.0813 e. The lowest BCUT2D eigenvalue weighted by Crippen LogP contribution is -2.25. The molecule has 1 N–H and O–H groups in total. The first-order valence-corrected chi connectivity index (χ1v) is 5.42. The number of nitrogens with one attached hydrogen (secondary N) is 1. The van der Waals surface area contributed by atoms with Crippen LogP contribution in [0.3, 0.4) is 0 Å². The van der Waals surface area contributed by atoms with Crippen LogP contribution in [0.15, 0.2) is 24.4 Å². The summed E-state index contributed by atoms with van der Waals surface area (Å²) in [6.07, 6.45) is 5.29. The molecule has 1 saturated carbocycles. The molecule has 0 unspecified atom stereocenters. The van der Waals surface area contributed by atoms with E-state index < -0.39 is 0 Å². The molecular formula is C11H14N2S. The fourth-order valence-electron chi connectivity index (χ4n) is 1.31. The van der Waals surface area contributed by atoms with Gasteiger partial charge in [0.15, 0.2) is 0 Å². The summed E-state index contributed by atoms with van der Waals surface area (Å²) in [6.45, 7) is 1.05. The van der Waals surface area contributed by atoms with Crippen molar-refractivity contribution in [3.05, 3.63) is 30.1 Å². The predicted octanol–water partition coefficient (Wildman–Crippen LogP) is 1.95. The molecule has 2 rings (SSSR count). The highest BCUT2D eigenvalue weighted by Gasteiger charge is 2.20. The van der Waals surface area contributed by atoms with E-state index in [0.29, 0.717) is 0 Å². The third-order valence-electron chi connectivity index (χ3n) is 2.35. The van der Waals surface area contributed by atoms with Gasteiger partial charge in [0, 0.05) is 24.9 Å². The molecule has 1 fully saturated rings. The molecule has 0 atom stereocenters. The molecule has 1 aromatic rings. The van der Waals surface area contributed by atoms with Gasteiger partial charge in [0.1, 0.15) is 0 Å². The predicted molar refractivity (Wildman–Crippen MR) is 61.3 cm³/mol. The molecule has 1 aromatic heterocycles. The molecule has 1 aliphatic carbocycles. The minimum absolute atomic E-state index is 0.767. The van der Waals surface area contributed by atoms with Crippen LogP contribution in [0.25, 0.3) is 0 Å². The second kappa shape index (κ2) is 4.51. The number of rotatable bonds is 4. The van der Waals surface area contributed by atoms with Crippen molar-refractivity contribution in [1.29, 1.82) is 0 Å². The van der Waals surface area contributed by atoms with E-state index in [2.05, 4.69) is 10.3 Å². The van der Waals surface area contributed by atoms with Crippen LogP contribution in [0.4, 0.5) is 0 Å². The first-order valence-electron chi connectivity index (χ1n) is 5.01. The van der Waals surface area contributed by atoms with Crippen molar-refractivity contribution in [2.75, 3.05) is 6.54 Å². The van der Waals surface area contributed by atoms with Crippen molar-refractivity contribution in [2.45, 2.75) is 19.3 Å². The minimum Gasteiger partial charge on any atom is -0.379 e. The highest BCUT2D eigenvalue weighted by atomic mass is 32.1. The average molecular weight is 206 g/mol. The van der Waals surface area contributed by atoms with Gasteiger partial charge < -0.3 is 5.32 Å². The monoisotopic (exact) mass is 206 g/mol. The zero-order chi connectivity index (χ0) is 9.80. The first-order chi connectivity index (χ1) is 6.84. The molecular weight excluding hydrogens is 192 g/mol. The lowest BCUT2D eigenvalue weighted by molar-refractivity contribution is 0.771. The summed E-state index contributed by atoms with van der Waals surface area (Å²) < 4.78 is 0. The summed E-state index contributed by atoms with van der Waals surface area (Å²) in [6, 6.07) is 5.92. The van der Waals surface area contributed by atoms with Gasteiger partial charge in [-0.2, -0.15) is 0 Å². The smallest absolute Gasteiger partial charge is 0.0813 e. The van der Waals surface area contributed by atoms with Crippen molar-refractivity contribution in [2.24, 2.45) is 5.92 Å². The molecule has 2 nitrogen and oxygen atoms in total. The van der Waals surface area contributed by atoms with Crippen LogP contribution < -0.4 is 5.32 Å². The van der Waals surface area contributed by atoms with Crippen molar-refractivity contribution in [3.8, 4) is 0 Å². The van der Waals surface area contributed by atoms with E-state index in [4.69, 9.17) is 12.2 Å². The summed E-state index contributed by atoms with van der Waals surface area (Å²) in [7, 11) is 0. The van der Waals surface area contributed by atoms with Gasteiger partial charge in [-0.1, -0.05) is 18.3 Å². The molecule has 1 heterocycles. The Morgan fingerprint density at radius 3 is 3.00 bits per heavy atom. The Kier molecular flexibility index (Phi) is 3.09. The zero-order valence-corrected chi connectivity index (χ0v) is 8.89. The number of nitrogens with zero attached hydrogens (tertiary/aromatic N) is 1. The standard InChI is InChI=1S/C11H14N2S/c14-11(13-8-9-4-5-9)7-10-3-1-2-6-12-10/h1-3,6,9H,4-5,7-8H2,(H,13,14). The number of aromatic nitrogens is 1. The Morgan fingerprint density at radius 1 is 1.50 bits per heavy atom. The van der Waals surface area contributed by atoms with E-state index in [-0.39, 0.29) is 0 Å². The van der Waals surface area contributed by atoms with Crippen LogP contribution in [-0.2, 0) is 6.42 Å². The lowest BCUT2D eigenvalue weighted by Gasteiger charge is -2.05. The number of hydrogen-bond acceptors (Lipinski definition) is 2. The SMILES string of the molecule is S=C(Cc1ccccn1)NCC1CC1. The second-order valence-electron chi connectivity index (χ2n) is 3.75. The highest BCUT2D eigenvalue weighted by Crippen LogP contribution is 2.27. The molecule has 0 radical (unpaired) electrons. The molecule has 0 aromatic carbocycles. The minimum atomic E-state index is 0.767. The van der Waals surface area contributed by atoms with Crippen LogP contribution in [0.5, 0.6) is 0 Å². The fourth-order valence-corrected chi connectivity index (χ4v) is 1.54. The largest absolute Gasteiger partial charge is 0.379 e. The molecule has 14 heavy (non-hydrogen) atoms.